The van der Waals surface area contributed by atoms with Gasteiger partial charge in [0.05, 0.1) is 25.2 Å². The number of methoxy groups -OCH3 is 1. The van der Waals surface area contributed by atoms with Crippen LogP contribution in [-0.4, -0.2) is 42.9 Å². The summed E-state index contributed by atoms with van der Waals surface area (Å²) in [5.41, 5.74) is 2.97. The lowest BCUT2D eigenvalue weighted by Crippen LogP contribution is -2.32. The second-order valence-corrected chi connectivity index (χ2v) is 9.99. The van der Waals surface area contributed by atoms with E-state index in [1.165, 1.54) is 4.90 Å². The first-order valence-corrected chi connectivity index (χ1v) is 12.3. The molecule has 0 saturated carbocycles. The van der Waals surface area contributed by atoms with E-state index in [4.69, 9.17) is 14.2 Å². The van der Waals surface area contributed by atoms with Crippen LogP contribution in [0.2, 0.25) is 0 Å². The Morgan fingerprint density at radius 3 is 2.41 bits per heavy atom. The molecule has 7 heteroatoms. The number of hydrogen-bond acceptors (Lipinski definition) is 6. The maximum atomic E-state index is 12.9. The van der Waals surface area contributed by atoms with E-state index in [9.17, 15) is 9.59 Å². The lowest BCUT2D eigenvalue weighted by Gasteiger charge is -2.17. The molecule has 1 saturated heterocycles. The normalized spacial score (nSPS) is 15.1. The molecule has 182 valence electrons. The van der Waals surface area contributed by atoms with Gasteiger partial charge in [-0.2, -0.15) is 0 Å². The molecule has 2 amide bonds. The minimum absolute atomic E-state index is 0.193. The fraction of sp³-hybridized carbons (Fsp3) is 0.407. The van der Waals surface area contributed by atoms with Crippen molar-refractivity contribution in [3.05, 3.63) is 58.0 Å². The van der Waals surface area contributed by atoms with Crippen molar-refractivity contribution in [3.8, 4) is 17.2 Å². The molecular weight excluding hydrogens is 450 g/mol. The first kappa shape index (κ1) is 25.7. The average Bonchev–Trinajstić information content (AvgIpc) is 3.05. The molecule has 0 bridgehead atoms. The number of amides is 2. The zero-order chi connectivity index (χ0) is 24.8. The molecule has 2 aromatic carbocycles. The topological polar surface area (TPSA) is 65.1 Å². The van der Waals surface area contributed by atoms with Gasteiger partial charge >= 0.3 is 0 Å². The molecule has 3 rings (SSSR count). The third-order valence-electron chi connectivity index (χ3n) is 5.29. The van der Waals surface area contributed by atoms with E-state index < -0.39 is 0 Å². The molecule has 34 heavy (non-hydrogen) atoms. The quantitative estimate of drug-likeness (QED) is 0.371. The van der Waals surface area contributed by atoms with Crippen molar-refractivity contribution < 1.29 is 23.8 Å². The molecule has 0 unspecified atom stereocenters. The third kappa shape index (κ3) is 6.35. The second kappa shape index (κ2) is 11.5. The maximum absolute atomic E-state index is 12.9. The Kier molecular flexibility index (Phi) is 8.67. The van der Waals surface area contributed by atoms with Crippen molar-refractivity contribution >= 4 is 29.0 Å². The number of nitrogens with zero attached hydrogens (tertiary/aromatic N) is 1. The van der Waals surface area contributed by atoms with Crippen molar-refractivity contribution in [2.75, 3.05) is 26.9 Å². The number of imide groups is 1. The van der Waals surface area contributed by atoms with Crippen LogP contribution in [0.15, 0.2) is 41.3 Å². The third-order valence-corrected chi connectivity index (χ3v) is 6.20. The Hall–Kier alpha value is -2.93. The van der Waals surface area contributed by atoms with Gasteiger partial charge in [-0.3, -0.25) is 14.5 Å². The minimum Gasteiger partial charge on any atom is -0.493 e. The number of thioether (sulfide) groups is 1. The van der Waals surface area contributed by atoms with Crippen LogP contribution in [0.4, 0.5) is 4.79 Å². The fourth-order valence-electron chi connectivity index (χ4n) is 3.48. The van der Waals surface area contributed by atoms with E-state index in [-0.39, 0.29) is 24.3 Å². The molecule has 0 N–H and O–H groups in total. The molecule has 0 atom stereocenters. The molecule has 0 aliphatic carbocycles. The number of carbonyl (C=O) groups excluding carboxylic acids is 2. The number of rotatable bonds is 10. The van der Waals surface area contributed by atoms with Gasteiger partial charge in [0, 0.05) is 0 Å². The van der Waals surface area contributed by atoms with E-state index in [2.05, 4.69) is 39.8 Å². The Balaban J connectivity index is 1.67. The summed E-state index contributed by atoms with van der Waals surface area (Å²) in [6.07, 6.45) is 1.71. The van der Waals surface area contributed by atoms with Gasteiger partial charge in [0.15, 0.2) is 11.5 Å². The van der Waals surface area contributed by atoms with Gasteiger partial charge in [-0.05, 0) is 71.5 Å². The van der Waals surface area contributed by atoms with Gasteiger partial charge in [0.2, 0.25) is 0 Å². The van der Waals surface area contributed by atoms with E-state index in [0.29, 0.717) is 34.8 Å². The zero-order valence-corrected chi connectivity index (χ0v) is 21.5. The molecule has 0 radical (unpaired) electrons. The van der Waals surface area contributed by atoms with Crippen LogP contribution >= 0.6 is 11.8 Å². The smallest absolute Gasteiger partial charge is 0.293 e. The van der Waals surface area contributed by atoms with Crippen molar-refractivity contribution in [2.45, 2.75) is 40.5 Å². The summed E-state index contributed by atoms with van der Waals surface area (Å²) in [5, 5.41) is -0.294. The van der Waals surface area contributed by atoms with Crippen molar-refractivity contribution in [3.63, 3.8) is 0 Å². The van der Waals surface area contributed by atoms with Crippen LogP contribution in [0.25, 0.3) is 6.08 Å². The fourth-order valence-corrected chi connectivity index (χ4v) is 4.35. The first-order chi connectivity index (χ1) is 16.2. The predicted molar refractivity (Wildman–Crippen MR) is 137 cm³/mol. The molecule has 6 nitrogen and oxygen atoms in total. The molecular formula is C27H33NO5S. The zero-order valence-electron chi connectivity index (χ0n) is 20.7. The highest BCUT2D eigenvalue weighted by molar-refractivity contribution is 8.18. The monoisotopic (exact) mass is 483 g/mol. The van der Waals surface area contributed by atoms with Crippen LogP contribution in [0.1, 0.15) is 50.3 Å². The Morgan fingerprint density at radius 1 is 0.971 bits per heavy atom. The van der Waals surface area contributed by atoms with Gasteiger partial charge in [0.25, 0.3) is 11.1 Å². The Morgan fingerprint density at radius 2 is 1.74 bits per heavy atom. The first-order valence-electron chi connectivity index (χ1n) is 11.5. The van der Waals surface area contributed by atoms with Crippen molar-refractivity contribution in [1.29, 1.82) is 0 Å². The highest BCUT2D eigenvalue weighted by Gasteiger charge is 2.34. The highest BCUT2D eigenvalue weighted by atomic mass is 32.2. The summed E-state index contributed by atoms with van der Waals surface area (Å²) in [6, 6.07) is 11.6. The second-order valence-electron chi connectivity index (χ2n) is 8.99. The Bertz CT molecular complexity index is 1080. The maximum Gasteiger partial charge on any atom is 0.293 e. The predicted octanol–water partition coefficient (Wildman–Crippen LogP) is 6.28. The molecule has 2 aromatic rings. The van der Waals surface area contributed by atoms with Gasteiger partial charge in [-0.1, -0.05) is 45.9 Å². The lowest BCUT2D eigenvalue weighted by molar-refractivity contribution is -0.123. The molecule has 1 heterocycles. The minimum atomic E-state index is -0.314. The molecule has 0 aromatic heterocycles. The summed E-state index contributed by atoms with van der Waals surface area (Å²) in [5.74, 6) is 2.42. The van der Waals surface area contributed by atoms with E-state index >= 15 is 0 Å². The number of aryl methyl sites for hydroxylation is 1. The summed E-state index contributed by atoms with van der Waals surface area (Å²) in [4.78, 5) is 27.0. The van der Waals surface area contributed by atoms with Crippen molar-refractivity contribution in [1.82, 2.24) is 4.90 Å². The van der Waals surface area contributed by atoms with Crippen LogP contribution in [0, 0.1) is 12.8 Å². The molecule has 1 aliphatic rings. The van der Waals surface area contributed by atoms with E-state index in [1.807, 2.05) is 25.1 Å². The van der Waals surface area contributed by atoms with Crippen LogP contribution in [0.5, 0.6) is 17.2 Å². The largest absolute Gasteiger partial charge is 0.493 e. The van der Waals surface area contributed by atoms with Gasteiger partial charge in [0.1, 0.15) is 12.4 Å². The number of ether oxygens (including phenoxy) is 3. The molecule has 1 fully saturated rings. The lowest BCUT2D eigenvalue weighted by atomic mass is 10.0. The van der Waals surface area contributed by atoms with Crippen LogP contribution < -0.4 is 14.2 Å². The Labute approximate surface area is 206 Å². The van der Waals surface area contributed by atoms with Crippen LogP contribution in [0.3, 0.4) is 0 Å². The molecule has 0 spiro atoms. The van der Waals surface area contributed by atoms with E-state index in [1.54, 1.807) is 19.3 Å². The van der Waals surface area contributed by atoms with Crippen molar-refractivity contribution in [2.24, 2.45) is 5.92 Å². The number of carbonyl (C=O) groups is 2. The van der Waals surface area contributed by atoms with E-state index in [0.717, 1.165) is 34.2 Å². The summed E-state index contributed by atoms with van der Waals surface area (Å²) in [6.45, 7) is 11.4. The molecule has 1 aliphatic heterocycles. The summed E-state index contributed by atoms with van der Waals surface area (Å²) in [7, 11) is 1.58. The summed E-state index contributed by atoms with van der Waals surface area (Å²) >= 11 is 0.936. The van der Waals surface area contributed by atoms with Gasteiger partial charge < -0.3 is 14.2 Å². The average molecular weight is 484 g/mol. The van der Waals surface area contributed by atoms with Crippen LogP contribution in [-0.2, 0) is 4.79 Å². The number of hydrogen-bond donors (Lipinski definition) is 0. The SMILES string of the molecule is COc1cc(/C=C2\SC(=O)N(CCOc3cc(C)ccc3C(C)C)C2=O)ccc1OCC(C)C. The highest BCUT2D eigenvalue weighted by Crippen LogP contribution is 2.35. The summed E-state index contributed by atoms with van der Waals surface area (Å²) < 4.78 is 17.2. The standard InChI is InChI=1S/C27H33NO5S/c1-17(2)16-33-22-10-8-20(14-24(22)31-6)15-25-26(29)28(27(30)34-25)11-12-32-23-13-19(5)7-9-21(23)18(3)4/h7-10,13-15,17-18H,11-12,16H2,1-6H3/b25-15-. The number of benzene rings is 2. The van der Waals surface area contributed by atoms with Gasteiger partial charge in [-0.25, -0.2) is 0 Å². The van der Waals surface area contributed by atoms with Gasteiger partial charge in [-0.15, -0.1) is 0 Å².